The van der Waals surface area contributed by atoms with Gasteiger partial charge in [-0.15, -0.1) is 11.3 Å². The average molecular weight is 311 g/mol. The Morgan fingerprint density at radius 2 is 2.25 bits per heavy atom. The van der Waals surface area contributed by atoms with Gasteiger partial charge in [0.25, 0.3) is 0 Å². The third kappa shape index (κ3) is 3.96. The summed E-state index contributed by atoms with van der Waals surface area (Å²) in [5, 5.41) is 2.80. The molecule has 0 aliphatic rings. The topological polar surface area (TPSA) is 47.3 Å². The van der Waals surface area contributed by atoms with Gasteiger partial charge in [-0.2, -0.15) is 0 Å². The summed E-state index contributed by atoms with van der Waals surface area (Å²) in [6.45, 7) is 0. The molecule has 0 bridgehead atoms. The fourth-order valence-electron chi connectivity index (χ4n) is 2.24. The van der Waals surface area contributed by atoms with Crippen molar-refractivity contribution in [3.05, 3.63) is 51.2 Å². The molecule has 0 aliphatic heterocycles. The van der Waals surface area contributed by atoms with E-state index in [4.69, 9.17) is 22.2 Å². The fraction of sp³-hybridized carbons (Fsp3) is 0.333. The summed E-state index contributed by atoms with van der Waals surface area (Å²) in [6.07, 6.45) is 3.06. The van der Waals surface area contributed by atoms with Gasteiger partial charge >= 0.3 is 0 Å². The number of nitrogens with one attached hydrogen (secondary N) is 1. The van der Waals surface area contributed by atoms with Crippen molar-refractivity contribution in [1.82, 2.24) is 5.43 Å². The van der Waals surface area contributed by atoms with E-state index in [1.165, 1.54) is 4.88 Å². The molecule has 0 radical (unpaired) electrons. The number of aryl methyl sites for hydroxylation is 1. The second-order valence-electron chi connectivity index (χ2n) is 4.58. The monoisotopic (exact) mass is 310 g/mol. The third-order valence-electron chi connectivity index (χ3n) is 3.26. The molecule has 5 heteroatoms. The van der Waals surface area contributed by atoms with Crippen molar-refractivity contribution in [2.75, 3.05) is 7.11 Å². The molecule has 0 saturated carbocycles. The second-order valence-corrected chi connectivity index (χ2v) is 6.05. The largest absolute Gasteiger partial charge is 0.496 e. The third-order valence-corrected chi connectivity index (χ3v) is 4.44. The molecule has 0 spiro atoms. The lowest BCUT2D eigenvalue weighted by molar-refractivity contribution is 0.394. The zero-order chi connectivity index (χ0) is 14.4. The van der Waals surface area contributed by atoms with Crippen molar-refractivity contribution < 1.29 is 4.74 Å². The highest BCUT2D eigenvalue weighted by atomic mass is 35.5. The van der Waals surface area contributed by atoms with E-state index in [1.54, 1.807) is 18.4 Å². The quantitative estimate of drug-likeness (QED) is 0.601. The molecule has 20 heavy (non-hydrogen) atoms. The molecule has 1 heterocycles. The van der Waals surface area contributed by atoms with E-state index in [-0.39, 0.29) is 6.04 Å². The Balaban J connectivity index is 2.02. The van der Waals surface area contributed by atoms with E-state index in [9.17, 15) is 0 Å². The van der Waals surface area contributed by atoms with Crippen LogP contribution in [0, 0.1) is 0 Å². The molecule has 3 nitrogen and oxygen atoms in total. The van der Waals surface area contributed by atoms with Gasteiger partial charge in [-0.1, -0.05) is 17.7 Å². The maximum atomic E-state index is 6.07. The summed E-state index contributed by atoms with van der Waals surface area (Å²) >= 11 is 7.86. The minimum atomic E-state index is 0.0450. The van der Waals surface area contributed by atoms with Gasteiger partial charge in [-0.25, -0.2) is 0 Å². The highest BCUT2D eigenvalue weighted by Crippen LogP contribution is 2.30. The number of ether oxygens (including phenoxy) is 1. The summed E-state index contributed by atoms with van der Waals surface area (Å²) in [4.78, 5) is 1.40. The van der Waals surface area contributed by atoms with Crippen LogP contribution in [0.5, 0.6) is 5.75 Å². The van der Waals surface area contributed by atoms with E-state index in [2.05, 4.69) is 22.9 Å². The molecular weight excluding hydrogens is 292 g/mol. The zero-order valence-electron chi connectivity index (χ0n) is 11.4. The predicted molar refractivity (Wildman–Crippen MR) is 85.3 cm³/mol. The molecule has 1 aromatic carbocycles. The van der Waals surface area contributed by atoms with E-state index < -0.39 is 0 Å². The lowest BCUT2D eigenvalue weighted by Crippen LogP contribution is -2.28. The number of halogens is 1. The molecule has 3 N–H and O–H groups in total. The summed E-state index contributed by atoms with van der Waals surface area (Å²) in [5.74, 6) is 6.51. The van der Waals surface area contributed by atoms with Crippen LogP contribution in [0.25, 0.3) is 0 Å². The van der Waals surface area contributed by atoms with Crippen LogP contribution in [0.2, 0.25) is 5.02 Å². The van der Waals surface area contributed by atoms with Gasteiger partial charge in [0.2, 0.25) is 0 Å². The number of thiophene rings is 1. The molecule has 1 atom stereocenters. The Morgan fingerprint density at radius 1 is 1.40 bits per heavy atom. The maximum absolute atomic E-state index is 6.07. The smallest absolute Gasteiger partial charge is 0.123 e. The van der Waals surface area contributed by atoms with E-state index in [0.717, 1.165) is 30.6 Å². The minimum absolute atomic E-state index is 0.0450. The number of methoxy groups -OCH3 is 1. The molecule has 0 fully saturated rings. The Bertz CT molecular complexity index is 531. The van der Waals surface area contributed by atoms with Crippen LogP contribution in [0.4, 0.5) is 0 Å². The van der Waals surface area contributed by atoms with Crippen molar-refractivity contribution >= 4 is 22.9 Å². The van der Waals surface area contributed by atoms with Crippen LogP contribution in [-0.4, -0.2) is 7.11 Å². The number of hydrogen-bond donors (Lipinski definition) is 2. The van der Waals surface area contributed by atoms with Crippen LogP contribution in [0.1, 0.15) is 29.3 Å². The Kier molecular flexibility index (Phi) is 5.86. The SMILES string of the molecule is COc1ccc(Cl)cc1C(CCCc1cccs1)NN. The molecule has 108 valence electrons. The number of benzene rings is 1. The Morgan fingerprint density at radius 3 is 2.90 bits per heavy atom. The van der Waals surface area contributed by atoms with Crippen LogP contribution in [0.15, 0.2) is 35.7 Å². The first-order valence-electron chi connectivity index (χ1n) is 6.56. The molecular formula is C15H19ClN2OS. The van der Waals surface area contributed by atoms with Crippen molar-refractivity contribution in [3.63, 3.8) is 0 Å². The second kappa shape index (κ2) is 7.64. The van der Waals surface area contributed by atoms with Gasteiger partial charge in [0, 0.05) is 21.5 Å². The van der Waals surface area contributed by atoms with Gasteiger partial charge in [0.1, 0.15) is 5.75 Å². The predicted octanol–water partition coefficient (Wildman–Crippen LogP) is 3.94. The van der Waals surface area contributed by atoms with E-state index in [1.807, 2.05) is 18.2 Å². The molecule has 2 rings (SSSR count). The number of nitrogens with two attached hydrogens (primary N) is 1. The van der Waals surface area contributed by atoms with Crippen LogP contribution >= 0.6 is 22.9 Å². The van der Waals surface area contributed by atoms with Crippen molar-refractivity contribution in [3.8, 4) is 5.75 Å². The average Bonchev–Trinajstić information content (AvgIpc) is 2.97. The molecule has 0 saturated heterocycles. The van der Waals surface area contributed by atoms with Crippen molar-refractivity contribution in [2.24, 2.45) is 5.84 Å². The lowest BCUT2D eigenvalue weighted by atomic mass is 10.0. The molecule has 1 aromatic heterocycles. The minimum Gasteiger partial charge on any atom is -0.496 e. The van der Waals surface area contributed by atoms with Crippen molar-refractivity contribution in [1.29, 1.82) is 0 Å². The lowest BCUT2D eigenvalue weighted by Gasteiger charge is -2.19. The molecule has 1 unspecified atom stereocenters. The van der Waals surface area contributed by atoms with Crippen LogP contribution in [-0.2, 0) is 6.42 Å². The summed E-state index contributed by atoms with van der Waals surface area (Å²) in [7, 11) is 1.66. The number of hydrazine groups is 1. The maximum Gasteiger partial charge on any atom is 0.123 e. The van der Waals surface area contributed by atoms with Crippen LogP contribution < -0.4 is 16.0 Å². The van der Waals surface area contributed by atoms with Crippen LogP contribution in [0.3, 0.4) is 0 Å². The molecule has 0 aliphatic carbocycles. The summed E-state index contributed by atoms with van der Waals surface area (Å²) in [6, 6.07) is 9.90. The molecule has 2 aromatic rings. The van der Waals surface area contributed by atoms with Gasteiger partial charge in [0.05, 0.1) is 7.11 Å². The van der Waals surface area contributed by atoms with Gasteiger partial charge in [-0.3, -0.25) is 11.3 Å². The zero-order valence-corrected chi connectivity index (χ0v) is 13.0. The van der Waals surface area contributed by atoms with Crippen molar-refractivity contribution in [2.45, 2.75) is 25.3 Å². The Hall–Kier alpha value is -1.07. The van der Waals surface area contributed by atoms with E-state index >= 15 is 0 Å². The highest BCUT2D eigenvalue weighted by molar-refractivity contribution is 7.09. The number of hydrogen-bond acceptors (Lipinski definition) is 4. The number of rotatable bonds is 7. The summed E-state index contributed by atoms with van der Waals surface area (Å²) in [5.41, 5.74) is 3.87. The summed E-state index contributed by atoms with van der Waals surface area (Å²) < 4.78 is 5.38. The normalized spacial score (nSPS) is 12.3. The first-order chi connectivity index (χ1) is 9.74. The first-order valence-corrected chi connectivity index (χ1v) is 7.82. The highest BCUT2D eigenvalue weighted by Gasteiger charge is 2.15. The van der Waals surface area contributed by atoms with Gasteiger partial charge in [0.15, 0.2) is 0 Å². The van der Waals surface area contributed by atoms with E-state index in [0.29, 0.717) is 5.02 Å². The van der Waals surface area contributed by atoms with Gasteiger partial charge < -0.3 is 4.74 Å². The fourth-order valence-corrected chi connectivity index (χ4v) is 3.17. The first kappa shape index (κ1) is 15.3. The standard InChI is InChI=1S/C15H19ClN2OS/c1-19-15-8-7-11(16)10-13(15)14(18-17)6-2-4-12-5-3-9-20-12/h3,5,7-10,14,18H,2,4,6,17H2,1H3. The molecule has 0 amide bonds. The van der Waals surface area contributed by atoms with Gasteiger partial charge in [-0.05, 0) is 48.9 Å². The Labute approximate surface area is 128 Å².